The molecule has 0 saturated heterocycles. The van der Waals surface area contributed by atoms with Crippen LogP contribution in [0.3, 0.4) is 0 Å². The molecule has 2 aliphatic carbocycles. The van der Waals surface area contributed by atoms with Crippen molar-refractivity contribution in [2.24, 2.45) is 5.16 Å². The molecule has 102 valence electrons. The van der Waals surface area contributed by atoms with E-state index in [-0.39, 0.29) is 0 Å². The number of nitrogens with zero attached hydrogens (tertiary/aromatic N) is 2. The molecule has 2 rings (SSSR count). The third kappa shape index (κ3) is 2.94. The van der Waals surface area contributed by atoms with Crippen molar-refractivity contribution in [1.29, 1.82) is 0 Å². The normalized spacial score (nSPS) is 26.7. The van der Waals surface area contributed by atoms with E-state index in [1.165, 1.54) is 56.4 Å². The largest absolute Gasteiger partial charge is 0.399 e. The minimum Gasteiger partial charge on any atom is -0.399 e. The molecule has 1 atom stereocenters. The highest BCUT2D eigenvalue weighted by Crippen LogP contribution is 2.35. The fourth-order valence-corrected chi connectivity index (χ4v) is 3.34. The summed E-state index contributed by atoms with van der Waals surface area (Å²) in [4.78, 5) is 7.52. The lowest BCUT2D eigenvalue weighted by Gasteiger charge is -2.35. The molecule has 0 aromatic carbocycles. The summed E-state index contributed by atoms with van der Waals surface area (Å²) >= 11 is 0. The summed E-state index contributed by atoms with van der Waals surface area (Å²) in [5.74, 6) is 0. The highest BCUT2D eigenvalue weighted by atomic mass is 16.6. The molecular weight excluding hydrogens is 224 g/mol. The maximum absolute atomic E-state index is 4.99. The lowest BCUT2D eigenvalue weighted by atomic mass is 9.79. The van der Waals surface area contributed by atoms with Gasteiger partial charge in [-0.15, -0.1) is 0 Å². The van der Waals surface area contributed by atoms with Crippen LogP contribution in [0.1, 0.15) is 51.9 Å². The average molecular weight is 250 g/mol. The zero-order valence-electron chi connectivity index (χ0n) is 12.0. The van der Waals surface area contributed by atoms with Crippen LogP contribution in [0.2, 0.25) is 0 Å². The third-order valence-electron chi connectivity index (χ3n) is 4.28. The minimum atomic E-state index is 0.741. The molecule has 0 fully saturated rings. The molecule has 0 bridgehead atoms. The van der Waals surface area contributed by atoms with Crippen LogP contribution in [0.5, 0.6) is 0 Å². The van der Waals surface area contributed by atoms with Crippen molar-refractivity contribution in [3.8, 4) is 0 Å². The molecule has 3 nitrogen and oxygen atoms in total. The Bertz CT molecular complexity index is 346. The standard InChI is InChI=1S/C15H26N2O/c1-4-10-17(2)13-8-9-14-12(11-13)6-5-7-15(14)16-18-3/h13H,4-11H2,1-3H3. The molecule has 1 unspecified atom stereocenters. The van der Waals surface area contributed by atoms with Crippen LogP contribution < -0.4 is 0 Å². The fraction of sp³-hybridized carbons (Fsp3) is 0.800. The zero-order valence-corrected chi connectivity index (χ0v) is 12.0. The SMILES string of the molecule is CCCN(C)C1CCC2=C(CCCC2=NOC)C1. The van der Waals surface area contributed by atoms with Crippen LogP contribution in [0, 0.1) is 0 Å². The Morgan fingerprint density at radius 1 is 1.33 bits per heavy atom. The van der Waals surface area contributed by atoms with Gasteiger partial charge in [0, 0.05) is 6.04 Å². The summed E-state index contributed by atoms with van der Waals surface area (Å²) in [7, 11) is 3.93. The van der Waals surface area contributed by atoms with Crippen molar-refractivity contribution in [1.82, 2.24) is 4.90 Å². The molecule has 0 spiro atoms. The van der Waals surface area contributed by atoms with Crippen molar-refractivity contribution >= 4 is 5.71 Å². The first-order chi connectivity index (χ1) is 8.76. The summed E-state index contributed by atoms with van der Waals surface area (Å²) < 4.78 is 0. The number of hydrogen-bond donors (Lipinski definition) is 0. The second-order valence-electron chi connectivity index (χ2n) is 5.53. The predicted octanol–water partition coefficient (Wildman–Crippen LogP) is 3.36. The van der Waals surface area contributed by atoms with E-state index in [1.54, 1.807) is 12.7 Å². The van der Waals surface area contributed by atoms with Crippen LogP contribution in [0.25, 0.3) is 0 Å². The monoisotopic (exact) mass is 250 g/mol. The minimum absolute atomic E-state index is 0.741. The Morgan fingerprint density at radius 2 is 2.17 bits per heavy atom. The van der Waals surface area contributed by atoms with Gasteiger partial charge in [0.15, 0.2) is 0 Å². The predicted molar refractivity (Wildman–Crippen MR) is 75.9 cm³/mol. The van der Waals surface area contributed by atoms with Gasteiger partial charge in [0.25, 0.3) is 0 Å². The molecule has 0 aromatic heterocycles. The second-order valence-corrected chi connectivity index (χ2v) is 5.53. The highest BCUT2D eigenvalue weighted by Gasteiger charge is 2.28. The van der Waals surface area contributed by atoms with Crippen molar-refractivity contribution in [3.05, 3.63) is 11.1 Å². The number of hydrogen-bond acceptors (Lipinski definition) is 3. The van der Waals surface area contributed by atoms with Crippen molar-refractivity contribution in [2.45, 2.75) is 57.9 Å². The van der Waals surface area contributed by atoms with Gasteiger partial charge in [-0.2, -0.15) is 0 Å². The maximum atomic E-state index is 4.99. The van der Waals surface area contributed by atoms with Crippen LogP contribution >= 0.6 is 0 Å². The van der Waals surface area contributed by atoms with Crippen molar-refractivity contribution in [3.63, 3.8) is 0 Å². The van der Waals surface area contributed by atoms with E-state index in [2.05, 4.69) is 24.0 Å². The number of oxime groups is 1. The third-order valence-corrected chi connectivity index (χ3v) is 4.28. The quantitative estimate of drug-likeness (QED) is 0.715. The van der Waals surface area contributed by atoms with Crippen LogP contribution in [0.4, 0.5) is 0 Å². The summed E-state index contributed by atoms with van der Waals surface area (Å²) in [6.07, 6.45) is 8.57. The molecule has 2 aliphatic rings. The number of allylic oxidation sites excluding steroid dienone is 1. The van der Waals surface area contributed by atoms with Gasteiger partial charge >= 0.3 is 0 Å². The van der Waals surface area contributed by atoms with E-state index in [9.17, 15) is 0 Å². The Hall–Kier alpha value is -0.830. The van der Waals surface area contributed by atoms with Crippen LogP contribution in [-0.2, 0) is 4.84 Å². The molecule has 0 aliphatic heterocycles. The molecule has 0 amide bonds. The Balaban J connectivity index is 2.08. The second kappa shape index (κ2) is 6.37. The Kier molecular flexibility index (Phi) is 4.81. The van der Waals surface area contributed by atoms with E-state index in [0.717, 1.165) is 12.5 Å². The van der Waals surface area contributed by atoms with Crippen molar-refractivity contribution in [2.75, 3.05) is 20.7 Å². The molecule has 0 N–H and O–H groups in total. The van der Waals surface area contributed by atoms with Crippen LogP contribution in [-0.4, -0.2) is 37.4 Å². The maximum Gasteiger partial charge on any atom is 0.106 e. The van der Waals surface area contributed by atoms with Gasteiger partial charge in [-0.25, -0.2) is 0 Å². The van der Waals surface area contributed by atoms with Gasteiger partial charge < -0.3 is 9.74 Å². The van der Waals surface area contributed by atoms with Gasteiger partial charge in [-0.1, -0.05) is 17.7 Å². The van der Waals surface area contributed by atoms with E-state index >= 15 is 0 Å². The van der Waals surface area contributed by atoms with Gasteiger partial charge in [0.05, 0.1) is 5.71 Å². The summed E-state index contributed by atoms with van der Waals surface area (Å²) in [6.45, 7) is 3.47. The van der Waals surface area contributed by atoms with Crippen LogP contribution in [0.15, 0.2) is 16.3 Å². The lowest BCUT2D eigenvalue weighted by Crippen LogP contribution is -2.36. The summed E-state index contributed by atoms with van der Waals surface area (Å²) in [5.41, 5.74) is 4.39. The first kappa shape index (κ1) is 13.6. The Labute approximate surface area is 111 Å². The average Bonchev–Trinajstić information content (AvgIpc) is 2.39. The molecule has 0 aromatic rings. The zero-order chi connectivity index (χ0) is 13.0. The molecule has 3 heteroatoms. The lowest BCUT2D eigenvalue weighted by molar-refractivity contribution is 0.209. The molecule has 0 heterocycles. The van der Waals surface area contributed by atoms with Crippen molar-refractivity contribution < 1.29 is 4.84 Å². The van der Waals surface area contributed by atoms with Gasteiger partial charge in [-0.3, -0.25) is 0 Å². The van der Waals surface area contributed by atoms with E-state index in [1.807, 2.05) is 0 Å². The highest BCUT2D eigenvalue weighted by molar-refractivity contribution is 6.01. The smallest absolute Gasteiger partial charge is 0.106 e. The first-order valence-electron chi connectivity index (χ1n) is 7.27. The first-order valence-corrected chi connectivity index (χ1v) is 7.27. The van der Waals surface area contributed by atoms with Gasteiger partial charge in [0.2, 0.25) is 0 Å². The summed E-state index contributed by atoms with van der Waals surface area (Å²) in [6, 6.07) is 0.741. The molecular formula is C15H26N2O. The van der Waals surface area contributed by atoms with E-state index < -0.39 is 0 Å². The molecule has 18 heavy (non-hydrogen) atoms. The molecule has 0 saturated carbocycles. The van der Waals surface area contributed by atoms with Gasteiger partial charge in [0.1, 0.15) is 7.11 Å². The number of rotatable bonds is 4. The van der Waals surface area contributed by atoms with Gasteiger partial charge in [-0.05, 0) is 64.1 Å². The topological polar surface area (TPSA) is 24.8 Å². The van der Waals surface area contributed by atoms with E-state index in [4.69, 9.17) is 4.84 Å². The molecule has 0 radical (unpaired) electrons. The summed E-state index contributed by atoms with van der Waals surface area (Å²) in [5, 5.41) is 4.22. The van der Waals surface area contributed by atoms with E-state index in [0.29, 0.717) is 0 Å². The Morgan fingerprint density at radius 3 is 2.89 bits per heavy atom. The fourth-order valence-electron chi connectivity index (χ4n) is 3.34.